The zero-order chi connectivity index (χ0) is 15.0. The van der Waals surface area contributed by atoms with E-state index in [-0.39, 0.29) is 5.82 Å². The van der Waals surface area contributed by atoms with E-state index in [1.54, 1.807) is 12.1 Å². The molecular weight excluding hydrogens is 289 g/mol. The second-order valence-electron chi connectivity index (χ2n) is 4.94. The minimum Gasteiger partial charge on any atom is -0.378 e. The van der Waals surface area contributed by atoms with E-state index in [0.29, 0.717) is 11.0 Å². The molecule has 21 heavy (non-hydrogen) atoms. The Morgan fingerprint density at radius 3 is 2.38 bits per heavy atom. The first-order valence-corrected chi connectivity index (χ1v) is 6.83. The van der Waals surface area contributed by atoms with Crippen LogP contribution in [0, 0.1) is 5.82 Å². The molecule has 3 aromatic rings. The van der Waals surface area contributed by atoms with Gasteiger partial charge in [0, 0.05) is 30.7 Å². The lowest BCUT2D eigenvalue weighted by atomic mass is 10.2. The van der Waals surface area contributed by atoms with Crippen molar-refractivity contribution in [1.29, 1.82) is 0 Å². The average molecular weight is 302 g/mol. The molecule has 3 rings (SSSR count). The van der Waals surface area contributed by atoms with E-state index in [1.807, 2.05) is 37.2 Å². The predicted molar refractivity (Wildman–Crippen MR) is 84.3 cm³/mol. The van der Waals surface area contributed by atoms with Gasteiger partial charge in [0.05, 0.1) is 5.52 Å². The van der Waals surface area contributed by atoms with Gasteiger partial charge in [-0.05, 0) is 42.5 Å². The van der Waals surface area contributed by atoms with Gasteiger partial charge in [0.25, 0.3) is 0 Å². The monoisotopic (exact) mass is 301 g/mol. The van der Waals surface area contributed by atoms with E-state index < -0.39 is 0 Å². The molecule has 0 saturated heterocycles. The fourth-order valence-electron chi connectivity index (χ4n) is 2.09. The van der Waals surface area contributed by atoms with Gasteiger partial charge in [0.1, 0.15) is 11.0 Å². The maximum atomic E-state index is 13.0. The summed E-state index contributed by atoms with van der Waals surface area (Å²) >= 11 is 6.28. The van der Waals surface area contributed by atoms with Gasteiger partial charge in [-0.2, -0.15) is 0 Å². The SMILES string of the molecule is CN(C)c1ccc2nc(-c3ccc(F)cc3)nc(Cl)c2c1. The fraction of sp³-hybridized carbons (Fsp3) is 0.125. The maximum Gasteiger partial charge on any atom is 0.161 e. The van der Waals surface area contributed by atoms with Crippen molar-refractivity contribution < 1.29 is 4.39 Å². The molecule has 0 atom stereocenters. The van der Waals surface area contributed by atoms with Crippen LogP contribution in [0.15, 0.2) is 42.5 Å². The van der Waals surface area contributed by atoms with Crippen LogP contribution in [0.4, 0.5) is 10.1 Å². The summed E-state index contributed by atoms with van der Waals surface area (Å²) in [6.45, 7) is 0. The molecule has 1 heterocycles. The van der Waals surface area contributed by atoms with E-state index in [9.17, 15) is 4.39 Å². The van der Waals surface area contributed by atoms with Gasteiger partial charge >= 0.3 is 0 Å². The van der Waals surface area contributed by atoms with Crippen molar-refractivity contribution in [3.05, 3.63) is 53.4 Å². The Kier molecular flexibility index (Phi) is 3.47. The van der Waals surface area contributed by atoms with Crippen LogP contribution in [0.5, 0.6) is 0 Å². The smallest absolute Gasteiger partial charge is 0.161 e. The molecular formula is C16H13ClFN3. The molecule has 0 unspecified atom stereocenters. The molecule has 0 amide bonds. The van der Waals surface area contributed by atoms with E-state index in [1.165, 1.54) is 12.1 Å². The Hall–Kier alpha value is -2.20. The third kappa shape index (κ3) is 2.67. The number of hydrogen-bond acceptors (Lipinski definition) is 3. The van der Waals surface area contributed by atoms with Crippen molar-refractivity contribution in [3.8, 4) is 11.4 Å². The molecule has 0 fully saturated rings. The molecule has 0 aliphatic rings. The van der Waals surface area contributed by atoms with E-state index >= 15 is 0 Å². The van der Waals surface area contributed by atoms with Gasteiger partial charge < -0.3 is 4.90 Å². The molecule has 106 valence electrons. The lowest BCUT2D eigenvalue weighted by molar-refractivity contribution is 0.628. The van der Waals surface area contributed by atoms with Crippen LogP contribution in [0.25, 0.3) is 22.3 Å². The van der Waals surface area contributed by atoms with E-state index in [4.69, 9.17) is 11.6 Å². The quantitative estimate of drug-likeness (QED) is 0.666. The van der Waals surface area contributed by atoms with E-state index in [0.717, 1.165) is 22.2 Å². The number of rotatable bonds is 2. The molecule has 1 aromatic heterocycles. The van der Waals surface area contributed by atoms with Crippen molar-refractivity contribution in [2.45, 2.75) is 0 Å². The molecule has 0 aliphatic heterocycles. The first-order chi connectivity index (χ1) is 10.0. The molecule has 0 aliphatic carbocycles. The summed E-state index contributed by atoms with van der Waals surface area (Å²) in [5, 5.41) is 1.19. The third-order valence-corrected chi connectivity index (χ3v) is 3.54. The predicted octanol–water partition coefficient (Wildman–Crippen LogP) is 4.16. The molecule has 0 bridgehead atoms. The van der Waals surface area contributed by atoms with Gasteiger partial charge in [0.2, 0.25) is 0 Å². The highest BCUT2D eigenvalue weighted by Crippen LogP contribution is 2.27. The standard InChI is InChI=1S/C16H13ClFN3/c1-21(2)12-7-8-14-13(9-12)15(17)20-16(19-14)10-3-5-11(18)6-4-10/h3-9H,1-2H3. The largest absolute Gasteiger partial charge is 0.378 e. The van der Waals surface area contributed by atoms with E-state index in [2.05, 4.69) is 9.97 Å². The van der Waals surface area contributed by atoms with Crippen molar-refractivity contribution in [3.63, 3.8) is 0 Å². The summed E-state index contributed by atoms with van der Waals surface area (Å²) < 4.78 is 13.0. The summed E-state index contributed by atoms with van der Waals surface area (Å²) in [4.78, 5) is 10.8. The van der Waals surface area contributed by atoms with Crippen molar-refractivity contribution in [2.75, 3.05) is 19.0 Å². The summed E-state index contributed by atoms with van der Waals surface area (Å²) in [7, 11) is 3.92. The lowest BCUT2D eigenvalue weighted by Crippen LogP contribution is -2.08. The second kappa shape index (κ2) is 5.30. The highest BCUT2D eigenvalue weighted by Gasteiger charge is 2.09. The molecule has 3 nitrogen and oxygen atoms in total. The van der Waals surface area contributed by atoms with Crippen LogP contribution in [-0.4, -0.2) is 24.1 Å². The summed E-state index contributed by atoms with van der Waals surface area (Å²) in [6, 6.07) is 11.9. The molecule has 0 spiro atoms. The summed E-state index contributed by atoms with van der Waals surface area (Å²) in [6.07, 6.45) is 0. The first kappa shape index (κ1) is 13.8. The van der Waals surface area contributed by atoms with Gasteiger partial charge in [-0.25, -0.2) is 14.4 Å². The number of halogens is 2. The van der Waals surface area contributed by atoms with Gasteiger partial charge in [-0.1, -0.05) is 11.6 Å². The van der Waals surface area contributed by atoms with Crippen LogP contribution in [0.2, 0.25) is 5.15 Å². The minimum atomic E-state index is -0.290. The zero-order valence-electron chi connectivity index (χ0n) is 11.6. The molecule has 2 aromatic carbocycles. The van der Waals surface area contributed by atoms with Crippen LogP contribution in [0.1, 0.15) is 0 Å². The van der Waals surface area contributed by atoms with Crippen molar-refractivity contribution in [2.24, 2.45) is 0 Å². The normalized spacial score (nSPS) is 10.9. The topological polar surface area (TPSA) is 29.0 Å². The number of nitrogens with zero attached hydrogens (tertiary/aromatic N) is 3. The minimum absolute atomic E-state index is 0.290. The maximum absolute atomic E-state index is 13.0. The Labute approximate surface area is 127 Å². The summed E-state index contributed by atoms with van der Waals surface area (Å²) in [5.41, 5.74) is 2.53. The lowest BCUT2D eigenvalue weighted by Gasteiger charge is -2.13. The fourth-order valence-corrected chi connectivity index (χ4v) is 2.32. The number of fused-ring (bicyclic) bond motifs is 1. The average Bonchev–Trinajstić information content (AvgIpc) is 2.47. The second-order valence-corrected chi connectivity index (χ2v) is 5.30. The van der Waals surface area contributed by atoms with Gasteiger partial charge in [-0.15, -0.1) is 0 Å². The number of aromatic nitrogens is 2. The molecule has 0 saturated carbocycles. The van der Waals surface area contributed by atoms with Crippen LogP contribution < -0.4 is 4.90 Å². The zero-order valence-corrected chi connectivity index (χ0v) is 12.4. The Morgan fingerprint density at radius 1 is 1.00 bits per heavy atom. The summed E-state index contributed by atoms with van der Waals surface area (Å²) in [5.74, 6) is 0.200. The van der Waals surface area contributed by atoms with Crippen molar-refractivity contribution in [1.82, 2.24) is 9.97 Å². The Morgan fingerprint density at radius 2 is 1.71 bits per heavy atom. The number of anilines is 1. The van der Waals surface area contributed by atoms with Gasteiger partial charge in [0.15, 0.2) is 5.82 Å². The highest BCUT2D eigenvalue weighted by molar-refractivity contribution is 6.34. The van der Waals surface area contributed by atoms with Crippen LogP contribution >= 0.6 is 11.6 Å². The number of benzene rings is 2. The van der Waals surface area contributed by atoms with Crippen LogP contribution in [0.3, 0.4) is 0 Å². The molecule has 0 N–H and O–H groups in total. The first-order valence-electron chi connectivity index (χ1n) is 6.45. The number of hydrogen-bond donors (Lipinski definition) is 0. The Balaban J connectivity index is 2.15. The van der Waals surface area contributed by atoms with Gasteiger partial charge in [-0.3, -0.25) is 0 Å². The molecule has 5 heteroatoms. The van der Waals surface area contributed by atoms with Crippen molar-refractivity contribution >= 4 is 28.2 Å². The highest BCUT2D eigenvalue weighted by atomic mass is 35.5. The Bertz CT molecular complexity index is 800. The third-order valence-electron chi connectivity index (χ3n) is 3.25. The van der Waals surface area contributed by atoms with Crippen LogP contribution in [-0.2, 0) is 0 Å². The molecule has 0 radical (unpaired) electrons.